The van der Waals surface area contributed by atoms with E-state index in [0.717, 1.165) is 33.4 Å². The number of nitrogens with one attached hydrogen (secondary N) is 1. The van der Waals surface area contributed by atoms with Crippen LogP contribution in [0.1, 0.15) is 32.9 Å². The molecule has 7 nitrogen and oxygen atoms in total. The molecule has 1 N–H and O–H groups in total. The van der Waals surface area contributed by atoms with Crippen LogP contribution in [0.5, 0.6) is 0 Å². The number of pyridine rings is 2. The summed E-state index contributed by atoms with van der Waals surface area (Å²) in [7, 11) is 0. The lowest BCUT2D eigenvalue weighted by Crippen LogP contribution is -2.14. The molecule has 0 spiro atoms. The molecule has 35 heavy (non-hydrogen) atoms. The predicted molar refractivity (Wildman–Crippen MR) is 135 cm³/mol. The normalized spacial score (nSPS) is 10.8. The van der Waals surface area contributed by atoms with Crippen molar-refractivity contribution in [2.24, 2.45) is 0 Å². The Balaban J connectivity index is 1.48. The summed E-state index contributed by atoms with van der Waals surface area (Å²) in [6.45, 7) is 4.35. The van der Waals surface area contributed by atoms with Crippen LogP contribution in [0.15, 0.2) is 79.1 Å². The third-order valence-corrected chi connectivity index (χ3v) is 5.95. The number of nitrogens with zero attached hydrogens (tertiary/aromatic N) is 5. The van der Waals surface area contributed by atoms with Gasteiger partial charge in [-0.2, -0.15) is 10.4 Å². The van der Waals surface area contributed by atoms with Crippen molar-refractivity contribution < 1.29 is 4.79 Å². The molecule has 0 aliphatic carbocycles. The molecule has 0 bridgehead atoms. The predicted octanol–water partition coefficient (Wildman–Crippen LogP) is 5.28. The first-order valence-corrected chi connectivity index (χ1v) is 11.2. The third-order valence-electron chi connectivity index (χ3n) is 5.95. The van der Waals surface area contributed by atoms with Crippen molar-refractivity contribution in [2.45, 2.75) is 20.4 Å². The van der Waals surface area contributed by atoms with Gasteiger partial charge in [-0.25, -0.2) is 4.98 Å². The van der Waals surface area contributed by atoms with E-state index in [1.165, 1.54) is 0 Å². The number of hydrogen-bond acceptors (Lipinski definition) is 5. The first-order chi connectivity index (χ1) is 17.0. The van der Waals surface area contributed by atoms with Crippen LogP contribution in [-0.2, 0) is 6.54 Å². The summed E-state index contributed by atoms with van der Waals surface area (Å²) in [5.74, 6) is -0.224. The number of carbonyl (C=O) groups is 1. The number of fused-ring (bicyclic) bond motifs is 1. The third kappa shape index (κ3) is 4.37. The highest BCUT2D eigenvalue weighted by atomic mass is 16.1. The minimum Gasteiger partial charge on any atom is -0.319 e. The van der Waals surface area contributed by atoms with Gasteiger partial charge in [0, 0.05) is 23.3 Å². The molecule has 7 heteroatoms. The lowest BCUT2D eigenvalue weighted by Gasteiger charge is -2.11. The molecule has 0 aliphatic heterocycles. The van der Waals surface area contributed by atoms with Crippen LogP contribution in [0.4, 0.5) is 5.69 Å². The van der Waals surface area contributed by atoms with E-state index in [1.807, 2.05) is 67.1 Å². The number of benzene rings is 2. The number of amides is 1. The van der Waals surface area contributed by atoms with Gasteiger partial charge in [-0.05, 0) is 55.8 Å². The van der Waals surface area contributed by atoms with E-state index in [9.17, 15) is 4.79 Å². The van der Waals surface area contributed by atoms with Crippen molar-refractivity contribution in [1.29, 1.82) is 5.26 Å². The Labute approximate surface area is 202 Å². The van der Waals surface area contributed by atoms with Crippen molar-refractivity contribution in [3.63, 3.8) is 0 Å². The second-order valence-electron chi connectivity index (χ2n) is 8.28. The minimum atomic E-state index is -0.224. The summed E-state index contributed by atoms with van der Waals surface area (Å²) in [5.41, 5.74) is 6.71. The number of aryl methyl sites for hydroxylation is 1. The van der Waals surface area contributed by atoms with Crippen molar-refractivity contribution >= 4 is 22.5 Å². The number of rotatable bonds is 5. The monoisotopic (exact) mass is 458 g/mol. The lowest BCUT2D eigenvalue weighted by atomic mass is 10.0. The van der Waals surface area contributed by atoms with Crippen molar-refractivity contribution in [2.75, 3.05) is 5.32 Å². The average molecular weight is 459 g/mol. The van der Waals surface area contributed by atoms with E-state index in [-0.39, 0.29) is 5.91 Å². The summed E-state index contributed by atoms with van der Waals surface area (Å²) < 4.78 is 1.86. The summed E-state index contributed by atoms with van der Waals surface area (Å²) in [4.78, 5) is 22.5. The highest BCUT2D eigenvalue weighted by molar-refractivity contribution is 6.13. The summed E-state index contributed by atoms with van der Waals surface area (Å²) in [6.07, 6.45) is 3.44. The Morgan fingerprint density at radius 3 is 2.60 bits per heavy atom. The van der Waals surface area contributed by atoms with Gasteiger partial charge in [0.2, 0.25) is 0 Å². The van der Waals surface area contributed by atoms with Crippen LogP contribution in [0.2, 0.25) is 0 Å². The van der Waals surface area contributed by atoms with Crippen LogP contribution >= 0.6 is 0 Å². The minimum absolute atomic E-state index is 0.224. The Hall–Kier alpha value is -4.83. The lowest BCUT2D eigenvalue weighted by molar-refractivity contribution is 0.102. The highest BCUT2D eigenvalue weighted by Gasteiger charge is 2.19. The first kappa shape index (κ1) is 22.0. The molecule has 0 saturated heterocycles. The van der Waals surface area contributed by atoms with Crippen molar-refractivity contribution in [3.05, 3.63) is 107 Å². The molecular formula is C28H22N6O. The average Bonchev–Trinajstić information content (AvgIpc) is 3.16. The zero-order valence-electron chi connectivity index (χ0n) is 19.4. The fraction of sp³-hybridized carbons (Fsp3) is 0.107. The molecule has 0 atom stereocenters. The molecular weight excluding hydrogens is 436 g/mol. The van der Waals surface area contributed by atoms with Gasteiger partial charge in [-0.3, -0.25) is 14.5 Å². The largest absolute Gasteiger partial charge is 0.319 e. The van der Waals surface area contributed by atoms with E-state index in [2.05, 4.69) is 21.5 Å². The van der Waals surface area contributed by atoms with Gasteiger partial charge in [0.25, 0.3) is 5.91 Å². The van der Waals surface area contributed by atoms with Gasteiger partial charge in [-0.15, -0.1) is 0 Å². The van der Waals surface area contributed by atoms with E-state index in [4.69, 9.17) is 10.2 Å². The molecule has 5 rings (SSSR count). The van der Waals surface area contributed by atoms with Gasteiger partial charge >= 0.3 is 0 Å². The SMILES string of the molecule is Cc1nn(Cc2ccc(C#N)cc2)c(C)c1NC(=O)c1cc(-c2cccnc2)nc2ccccc12. The maximum atomic E-state index is 13.5. The fourth-order valence-electron chi connectivity index (χ4n) is 4.10. The van der Waals surface area contributed by atoms with Gasteiger partial charge in [-0.1, -0.05) is 30.3 Å². The molecule has 0 radical (unpaired) electrons. The van der Waals surface area contributed by atoms with E-state index in [0.29, 0.717) is 29.1 Å². The van der Waals surface area contributed by atoms with Gasteiger partial charge in [0.1, 0.15) is 0 Å². The van der Waals surface area contributed by atoms with E-state index >= 15 is 0 Å². The Morgan fingerprint density at radius 1 is 1.06 bits per heavy atom. The number of para-hydroxylation sites is 1. The molecule has 0 fully saturated rings. The molecule has 1 amide bonds. The number of anilines is 1. The van der Waals surface area contributed by atoms with Gasteiger partial charge < -0.3 is 5.32 Å². The zero-order chi connectivity index (χ0) is 24.4. The molecule has 0 unspecified atom stereocenters. The molecule has 0 aliphatic rings. The van der Waals surface area contributed by atoms with Crippen LogP contribution in [0.3, 0.4) is 0 Å². The van der Waals surface area contributed by atoms with Crippen LogP contribution in [-0.4, -0.2) is 25.7 Å². The van der Waals surface area contributed by atoms with Crippen molar-refractivity contribution in [1.82, 2.24) is 19.7 Å². The van der Waals surface area contributed by atoms with E-state index < -0.39 is 0 Å². The Morgan fingerprint density at radius 2 is 1.86 bits per heavy atom. The van der Waals surface area contributed by atoms with Gasteiger partial charge in [0.15, 0.2) is 0 Å². The van der Waals surface area contributed by atoms with Crippen molar-refractivity contribution in [3.8, 4) is 17.3 Å². The number of hydrogen-bond donors (Lipinski definition) is 1. The summed E-state index contributed by atoms with van der Waals surface area (Å²) in [6, 6.07) is 22.7. The summed E-state index contributed by atoms with van der Waals surface area (Å²) >= 11 is 0. The first-order valence-electron chi connectivity index (χ1n) is 11.2. The Bertz CT molecular complexity index is 1580. The maximum absolute atomic E-state index is 13.5. The van der Waals surface area contributed by atoms with Crippen LogP contribution < -0.4 is 5.32 Å². The number of aromatic nitrogens is 4. The second-order valence-corrected chi connectivity index (χ2v) is 8.28. The number of nitriles is 1. The smallest absolute Gasteiger partial charge is 0.256 e. The van der Waals surface area contributed by atoms with Gasteiger partial charge in [0.05, 0.1) is 52.0 Å². The summed E-state index contributed by atoms with van der Waals surface area (Å²) in [5, 5.41) is 17.5. The zero-order valence-corrected chi connectivity index (χ0v) is 19.4. The number of carbonyl (C=O) groups excluding carboxylic acids is 1. The van der Waals surface area contributed by atoms with Crippen LogP contribution in [0.25, 0.3) is 22.2 Å². The molecule has 2 aromatic carbocycles. The fourth-order valence-corrected chi connectivity index (χ4v) is 4.10. The second kappa shape index (κ2) is 9.20. The topological polar surface area (TPSA) is 96.5 Å². The standard InChI is InChI=1S/C28H22N6O/c1-18-27(19(2)34(33-18)17-21-11-9-20(15-29)10-12-21)32-28(35)24-14-26(22-6-5-13-30-16-22)31-25-8-4-3-7-23(24)25/h3-14,16H,17H2,1-2H3,(H,32,35). The molecule has 3 heterocycles. The maximum Gasteiger partial charge on any atom is 0.256 e. The molecule has 5 aromatic rings. The van der Waals surface area contributed by atoms with E-state index in [1.54, 1.807) is 30.6 Å². The van der Waals surface area contributed by atoms with Crippen LogP contribution in [0, 0.1) is 25.2 Å². The quantitative estimate of drug-likeness (QED) is 0.386. The Kier molecular flexibility index (Phi) is 5.78. The molecule has 170 valence electrons. The molecule has 3 aromatic heterocycles. The molecule has 0 saturated carbocycles. The highest BCUT2D eigenvalue weighted by Crippen LogP contribution is 2.27.